The minimum absolute atomic E-state index is 0.242. The van der Waals surface area contributed by atoms with Crippen LogP contribution in [0, 0.1) is 5.41 Å². The summed E-state index contributed by atoms with van der Waals surface area (Å²) < 4.78 is 10.6. The van der Waals surface area contributed by atoms with Gasteiger partial charge in [0.2, 0.25) is 6.79 Å². The summed E-state index contributed by atoms with van der Waals surface area (Å²) in [7, 11) is 0. The number of ether oxygens (including phenoxy) is 2. The lowest BCUT2D eigenvalue weighted by Gasteiger charge is -2.14. The van der Waals surface area contributed by atoms with Crippen molar-refractivity contribution in [3.63, 3.8) is 0 Å². The van der Waals surface area contributed by atoms with Crippen LogP contribution in [-0.2, 0) is 6.54 Å². The van der Waals surface area contributed by atoms with Crippen molar-refractivity contribution in [1.82, 2.24) is 5.32 Å². The van der Waals surface area contributed by atoms with Gasteiger partial charge < -0.3 is 19.9 Å². The number of aliphatic hydroxyl groups excluding tert-OH is 1. The predicted molar refractivity (Wildman–Crippen MR) is 72.7 cm³/mol. The van der Waals surface area contributed by atoms with Gasteiger partial charge in [-0.3, -0.25) is 0 Å². The van der Waals surface area contributed by atoms with Crippen molar-refractivity contribution in [1.29, 1.82) is 0 Å². The molecule has 1 aliphatic heterocycles. The molecule has 0 spiro atoms. The second-order valence-electron chi connectivity index (χ2n) is 5.39. The van der Waals surface area contributed by atoms with Crippen LogP contribution in [0.3, 0.4) is 0 Å². The Morgan fingerprint density at radius 2 is 2.16 bits per heavy atom. The Morgan fingerprint density at radius 3 is 2.89 bits per heavy atom. The van der Waals surface area contributed by atoms with Crippen molar-refractivity contribution in [2.75, 3.05) is 19.9 Å². The molecule has 2 aliphatic rings. The number of nitrogens with one attached hydrogen (secondary N) is 1. The summed E-state index contributed by atoms with van der Waals surface area (Å²) in [4.78, 5) is 0. The average molecular weight is 284 g/mol. The molecule has 1 aromatic rings. The lowest BCUT2D eigenvalue weighted by molar-refractivity contribution is 0.174. The first-order chi connectivity index (χ1) is 9.22. The summed E-state index contributed by atoms with van der Waals surface area (Å²) >= 11 is 6.14. The Labute approximate surface area is 117 Å². The fourth-order valence-electron chi connectivity index (χ4n) is 2.52. The maximum Gasteiger partial charge on any atom is 0.231 e. The smallest absolute Gasteiger partial charge is 0.231 e. The van der Waals surface area contributed by atoms with E-state index >= 15 is 0 Å². The fourth-order valence-corrected chi connectivity index (χ4v) is 2.81. The van der Waals surface area contributed by atoms with Crippen molar-refractivity contribution >= 4 is 11.6 Å². The number of hydrogen-bond donors (Lipinski definition) is 2. The van der Waals surface area contributed by atoms with Gasteiger partial charge in [-0.15, -0.1) is 0 Å². The molecule has 0 saturated heterocycles. The van der Waals surface area contributed by atoms with E-state index in [9.17, 15) is 0 Å². The molecule has 1 aliphatic carbocycles. The molecule has 19 heavy (non-hydrogen) atoms. The van der Waals surface area contributed by atoms with Crippen molar-refractivity contribution in [2.45, 2.75) is 25.8 Å². The Balaban J connectivity index is 1.57. The first kappa shape index (κ1) is 13.0. The Kier molecular flexibility index (Phi) is 3.56. The topological polar surface area (TPSA) is 50.7 Å². The predicted octanol–water partition coefficient (Wildman–Crippen LogP) is 2.32. The van der Waals surface area contributed by atoms with Crippen LogP contribution in [0.2, 0.25) is 5.02 Å². The van der Waals surface area contributed by atoms with E-state index in [1.165, 1.54) is 12.8 Å². The zero-order valence-corrected chi connectivity index (χ0v) is 11.5. The van der Waals surface area contributed by atoms with Crippen molar-refractivity contribution in [3.05, 3.63) is 22.7 Å². The monoisotopic (exact) mass is 283 g/mol. The summed E-state index contributed by atoms with van der Waals surface area (Å²) in [6, 6.07) is 3.88. The highest BCUT2D eigenvalue weighted by Gasteiger charge is 2.41. The maximum absolute atomic E-state index is 9.02. The van der Waals surface area contributed by atoms with Gasteiger partial charge in [0.1, 0.15) is 0 Å². The highest BCUT2D eigenvalue weighted by atomic mass is 35.5. The lowest BCUT2D eigenvalue weighted by Crippen LogP contribution is -2.24. The molecule has 0 aromatic heterocycles. The highest BCUT2D eigenvalue weighted by molar-refractivity contribution is 6.32. The number of aliphatic hydroxyl groups is 1. The van der Waals surface area contributed by atoms with Crippen LogP contribution in [0.5, 0.6) is 11.5 Å². The number of fused-ring (bicyclic) bond motifs is 1. The fraction of sp³-hybridized carbons (Fsp3) is 0.571. The van der Waals surface area contributed by atoms with Gasteiger partial charge in [-0.2, -0.15) is 0 Å². The van der Waals surface area contributed by atoms with E-state index in [1.54, 1.807) is 0 Å². The zero-order chi connectivity index (χ0) is 13.3. The van der Waals surface area contributed by atoms with Gasteiger partial charge in [0.15, 0.2) is 11.5 Å². The van der Waals surface area contributed by atoms with Crippen molar-refractivity contribution in [2.24, 2.45) is 5.41 Å². The summed E-state index contributed by atoms with van der Waals surface area (Å²) in [5, 5.41) is 13.1. The summed E-state index contributed by atoms with van der Waals surface area (Å²) in [5.41, 5.74) is 1.42. The number of rotatable bonds is 6. The molecule has 1 saturated carbocycles. The van der Waals surface area contributed by atoms with Gasteiger partial charge in [-0.05, 0) is 42.4 Å². The largest absolute Gasteiger partial charge is 0.454 e. The van der Waals surface area contributed by atoms with Gasteiger partial charge in [-0.1, -0.05) is 11.6 Å². The quantitative estimate of drug-likeness (QED) is 0.841. The molecule has 0 atom stereocenters. The first-order valence-corrected chi connectivity index (χ1v) is 7.00. The van der Waals surface area contributed by atoms with Crippen molar-refractivity contribution in [3.8, 4) is 11.5 Å². The Morgan fingerprint density at radius 1 is 1.32 bits per heavy atom. The molecule has 0 unspecified atom stereocenters. The molecule has 0 radical (unpaired) electrons. The summed E-state index contributed by atoms with van der Waals surface area (Å²) in [5.74, 6) is 1.37. The molecular formula is C14H18ClNO3. The van der Waals surface area contributed by atoms with Crippen LogP contribution in [-0.4, -0.2) is 25.1 Å². The third-order valence-electron chi connectivity index (χ3n) is 3.92. The summed E-state index contributed by atoms with van der Waals surface area (Å²) in [6.45, 7) is 2.21. The molecular weight excluding hydrogens is 266 g/mol. The number of hydrogen-bond acceptors (Lipinski definition) is 4. The number of benzene rings is 1. The first-order valence-electron chi connectivity index (χ1n) is 6.62. The van der Waals surface area contributed by atoms with Gasteiger partial charge >= 0.3 is 0 Å². The molecule has 1 heterocycles. The van der Waals surface area contributed by atoms with E-state index < -0.39 is 0 Å². The minimum atomic E-state index is 0.242. The second kappa shape index (κ2) is 5.19. The normalized spacial score (nSPS) is 18.6. The zero-order valence-electron chi connectivity index (χ0n) is 10.7. The Hall–Kier alpha value is -0.970. The van der Waals surface area contributed by atoms with Crippen LogP contribution in [0.15, 0.2) is 12.1 Å². The van der Waals surface area contributed by atoms with Crippen molar-refractivity contribution < 1.29 is 14.6 Å². The van der Waals surface area contributed by atoms with Gasteiger partial charge in [0.05, 0.1) is 5.02 Å². The number of halogens is 1. The average Bonchev–Trinajstić information content (AvgIpc) is 2.97. The van der Waals surface area contributed by atoms with Crippen LogP contribution in [0.25, 0.3) is 0 Å². The third kappa shape index (κ3) is 2.81. The molecule has 0 bridgehead atoms. The molecule has 3 rings (SSSR count). The Bertz CT molecular complexity index is 474. The third-order valence-corrected chi connectivity index (χ3v) is 4.20. The van der Waals surface area contributed by atoms with Crippen LogP contribution in [0.1, 0.15) is 24.8 Å². The van der Waals surface area contributed by atoms with Crippen LogP contribution < -0.4 is 14.8 Å². The van der Waals surface area contributed by atoms with Gasteiger partial charge in [0, 0.05) is 19.7 Å². The lowest BCUT2D eigenvalue weighted by atomic mass is 10.0. The molecule has 0 amide bonds. The minimum Gasteiger partial charge on any atom is -0.454 e. The maximum atomic E-state index is 9.02. The van der Waals surface area contributed by atoms with E-state index in [0.717, 1.165) is 30.8 Å². The van der Waals surface area contributed by atoms with Gasteiger partial charge in [0.25, 0.3) is 0 Å². The summed E-state index contributed by atoms with van der Waals surface area (Å²) in [6.07, 6.45) is 3.31. The second-order valence-corrected chi connectivity index (χ2v) is 5.80. The van der Waals surface area contributed by atoms with E-state index in [1.807, 2.05) is 12.1 Å². The molecule has 1 aromatic carbocycles. The molecule has 1 fully saturated rings. The molecule has 5 heteroatoms. The van der Waals surface area contributed by atoms with Crippen LogP contribution >= 0.6 is 11.6 Å². The van der Waals surface area contributed by atoms with E-state index in [2.05, 4.69) is 5.32 Å². The van der Waals surface area contributed by atoms with E-state index in [0.29, 0.717) is 16.2 Å². The van der Waals surface area contributed by atoms with Gasteiger partial charge in [-0.25, -0.2) is 0 Å². The molecule has 2 N–H and O–H groups in total. The SMILES string of the molecule is OCCC1(CNCc2cc(Cl)c3c(c2)OCO3)CC1. The molecule has 4 nitrogen and oxygen atoms in total. The highest BCUT2D eigenvalue weighted by Crippen LogP contribution is 2.48. The molecule has 104 valence electrons. The van der Waals surface area contributed by atoms with Crippen LogP contribution in [0.4, 0.5) is 0 Å². The standard InChI is InChI=1S/C14H18ClNO3/c15-11-5-10(6-12-13(11)19-9-18-12)7-16-8-14(1-2-14)3-4-17/h5-6,16-17H,1-4,7-9H2. The van der Waals surface area contributed by atoms with E-state index in [-0.39, 0.29) is 13.4 Å². The van der Waals surface area contributed by atoms with E-state index in [4.69, 9.17) is 26.2 Å².